The van der Waals surface area contributed by atoms with Crippen molar-refractivity contribution in [2.45, 2.75) is 11.3 Å². The molecular weight excluding hydrogens is 276 g/mol. The molecule has 0 saturated heterocycles. The van der Waals surface area contributed by atoms with Gasteiger partial charge in [-0.25, -0.2) is 13.4 Å². The Morgan fingerprint density at radius 1 is 1.25 bits per heavy atom. The maximum Gasteiger partial charge on any atom is 0.219 e. The van der Waals surface area contributed by atoms with Gasteiger partial charge >= 0.3 is 0 Å². The Kier molecular flexibility index (Phi) is 4.36. The first-order valence-electron chi connectivity index (χ1n) is 6.12. The van der Waals surface area contributed by atoms with Crippen molar-refractivity contribution in [2.24, 2.45) is 5.73 Å². The van der Waals surface area contributed by atoms with E-state index < -0.39 is 9.84 Å². The van der Waals surface area contributed by atoms with Crippen molar-refractivity contribution < 1.29 is 13.2 Å². The third kappa shape index (κ3) is 3.79. The lowest BCUT2D eigenvalue weighted by Crippen LogP contribution is -2.03. The molecule has 0 fully saturated rings. The zero-order valence-corrected chi connectivity index (χ0v) is 11.9. The number of rotatable bonds is 5. The molecule has 1 heterocycles. The second-order valence-electron chi connectivity index (χ2n) is 4.39. The molecule has 0 spiro atoms. The summed E-state index contributed by atoms with van der Waals surface area (Å²) in [5.74, 6) is 0.850. The summed E-state index contributed by atoms with van der Waals surface area (Å²) < 4.78 is 28.5. The molecule has 0 radical (unpaired) electrons. The molecule has 20 heavy (non-hydrogen) atoms. The van der Waals surface area contributed by atoms with Crippen LogP contribution in [0.1, 0.15) is 5.56 Å². The Morgan fingerprint density at radius 2 is 2.05 bits per heavy atom. The van der Waals surface area contributed by atoms with E-state index in [2.05, 4.69) is 4.98 Å². The summed E-state index contributed by atoms with van der Waals surface area (Å²) in [6, 6.07) is 9.94. The number of benzene rings is 1. The number of sulfone groups is 1. The Balaban J connectivity index is 2.17. The van der Waals surface area contributed by atoms with Gasteiger partial charge in [0.1, 0.15) is 5.75 Å². The molecule has 106 valence electrons. The van der Waals surface area contributed by atoms with Gasteiger partial charge in [-0.15, -0.1) is 0 Å². The lowest BCUT2D eigenvalue weighted by molar-refractivity contribution is 0.461. The van der Waals surface area contributed by atoms with Gasteiger partial charge in [0.15, 0.2) is 9.84 Å². The van der Waals surface area contributed by atoms with E-state index in [1.165, 1.54) is 12.1 Å². The molecule has 2 N–H and O–H groups in total. The number of ether oxygens (including phenoxy) is 1. The first kappa shape index (κ1) is 14.5. The van der Waals surface area contributed by atoms with E-state index in [0.29, 0.717) is 18.2 Å². The van der Waals surface area contributed by atoms with Crippen LogP contribution in [0.3, 0.4) is 0 Å². The van der Waals surface area contributed by atoms with Crippen molar-refractivity contribution in [1.29, 1.82) is 0 Å². The smallest absolute Gasteiger partial charge is 0.219 e. The van der Waals surface area contributed by atoms with Crippen LogP contribution in [0, 0.1) is 0 Å². The van der Waals surface area contributed by atoms with Crippen molar-refractivity contribution in [2.75, 3.05) is 12.8 Å². The SMILES string of the molecule is CS(=O)(=O)c1cccc(Oc2ccc(CCN)cn2)c1. The van der Waals surface area contributed by atoms with Crippen LogP contribution in [-0.4, -0.2) is 26.2 Å². The van der Waals surface area contributed by atoms with Crippen molar-refractivity contribution in [1.82, 2.24) is 4.98 Å². The van der Waals surface area contributed by atoms with Crippen LogP contribution < -0.4 is 10.5 Å². The summed E-state index contributed by atoms with van der Waals surface area (Å²) in [5.41, 5.74) is 6.50. The lowest BCUT2D eigenvalue weighted by atomic mass is 10.2. The van der Waals surface area contributed by atoms with E-state index in [0.717, 1.165) is 18.2 Å². The van der Waals surface area contributed by atoms with E-state index in [1.54, 1.807) is 24.4 Å². The van der Waals surface area contributed by atoms with Gasteiger partial charge in [0, 0.05) is 18.5 Å². The summed E-state index contributed by atoms with van der Waals surface area (Å²) in [5, 5.41) is 0. The standard InChI is InChI=1S/C14H16N2O3S/c1-20(17,18)13-4-2-3-12(9-13)19-14-6-5-11(7-8-15)10-16-14/h2-6,9-10H,7-8,15H2,1H3. The normalized spacial score (nSPS) is 11.3. The van der Waals surface area contributed by atoms with Gasteiger partial charge in [-0.2, -0.15) is 0 Å². The van der Waals surface area contributed by atoms with Gasteiger partial charge < -0.3 is 10.5 Å². The maximum absolute atomic E-state index is 11.5. The number of aromatic nitrogens is 1. The van der Waals surface area contributed by atoms with Gasteiger partial charge in [-0.3, -0.25) is 0 Å². The molecule has 1 aromatic carbocycles. The average molecular weight is 292 g/mol. The van der Waals surface area contributed by atoms with Crippen LogP contribution in [-0.2, 0) is 16.3 Å². The van der Waals surface area contributed by atoms with E-state index in [4.69, 9.17) is 10.5 Å². The molecule has 0 aliphatic heterocycles. The highest BCUT2D eigenvalue weighted by atomic mass is 32.2. The van der Waals surface area contributed by atoms with Crippen LogP contribution in [0.4, 0.5) is 0 Å². The van der Waals surface area contributed by atoms with Crippen molar-refractivity contribution in [3.8, 4) is 11.6 Å². The third-order valence-corrected chi connectivity index (χ3v) is 3.80. The van der Waals surface area contributed by atoms with Crippen LogP contribution in [0.15, 0.2) is 47.5 Å². The first-order chi connectivity index (χ1) is 9.49. The summed E-state index contributed by atoms with van der Waals surface area (Å²) in [4.78, 5) is 4.37. The average Bonchev–Trinajstić information content (AvgIpc) is 2.41. The minimum atomic E-state index is -3.25. The quantitative estimate of drug-likeness (QED) is 0.908. The van der Waals surface area contributed by atoms with Gasteiger partial charge in [0.25, 0.3) is 0 Å². The highest BCUT2D eigenvalue weighted by molar-refractivity contribution is 7.90. The monoisotopic (exact) mass is 292 g/mol. The first-order valence-corrected chi connectivity index (χ1v) is 8.01. The minimum Gasteiger partial charge on any atom is -0.439 e. The number of nitrogens with two attached hydrogens (primary N) is 1. The fraction of sp³-hybridized carbons (Fsp3) is 0.214. The minimum absolute atomic E-state index is 0.217. The fourth-order valence-electron chi connectivity index (χ4n) is 1.67. The van der Waals surface area contributed by atoms with Crippen molar-refractivity contribution in [3.63, 3.8) is 0 Å². The Labute approximate surface area is 118 Å². The van der Waals surface area contributed by atoms with Gasteiger partial charge in [0.05, 0.1) is 4.90 Å². The molecule has 2 aromatic rings. The maximum atomic E-state index is 11.5. The second kappa shape index (κ2) is 6.02. The molecule has 0 aliphatic carbocycles. The molecule has 0 bridgehead atoms. The van der Waals surface area contributed by atoms with Gasteiger partial charge in [-0.05, 0) is 36.7 Å². The zero-order chi connectivity index (χ0) is 14.6. The topological polar surface area (TPSA) is 82.3 Å². The Morgan fingerprint density at radius 3 is 2.65 bits per heavy atom. The van der Waals surface area contributed by atoms with E-state index in [9.17, 15) is 8.42 Å². The molecule has 5 nitrogen and oxygen atoms in total. The second-order valence-corrected chi connectivity index (χ2v) is 6.41. The fourth-order valence-corrected chi connectivity index (χ4v) is 2.33. The summed E-state index contributed by atoms with van der Waals surface area (Å²) in [7, 11) is -3.25. The molecule has 2 rings (SSSR count). The summed E-state index contributed by atoms with van der Waals surface area (Å²) >= 11 is 0. The molecule has 0 amide bonds. The van der Waals surface area contributed by atoms with E-state index >= 15 is 0 Å². The summed E-state index contributed by atoms with van der Waals surface area (Å²) in [6.45, 7) is 0.568. The predicted molar refractivity (Wildman–Crippen MR) is 76.6 cm³/mol. The Bertz CT molecular complexity index is 682. The van der Waals surface area contributed by atoms with Crippen LogP contribution in [0.2, 0.25) is 0 Å². The molecule has 1 aromatic heterocycles. The molecular formula is C14H16N2O3S. The molecule has 0 saturated carbocycles. The van der Waals surface area contributed by atoms with Crippen molar-refractivity contribution >= 4 is 9.84 Å². The Hall–Kier alpha value is -1.92. The van der Waals surface area contributed by atoms with E-state index in [1.807, 2.05) is 6.07 Å². The predicted octanol–water partition coefficient (Wildman–Crippen LogP) is 1.78. The van der Waals surface area contributed by atoms with Gasteiger partial charge in [0.2, 0.25) is 5.88 Å². The number of hydrogen-bond donors (Lipinski definition) is 1. The van der Waals surface area contributed by atoms with Gasteiger partial charge in [-0.1, -0.05) is 12.1 Å². The highest BCUT2D eigenvalue weighted by Crippen LogP contribution is 2.22. The molecule has 0 atom stereocenters. The van der Waals surface area contributed by atoms with Crippen molar-refractivity contribution in [3.05, 3.63) is 48.2 Å². The van der Waals surface area contributed by atoms with Crippen LogP contribution in [0.25, 0.3) is 0 Å². The molecule has 6 heteroatoms. The zero-order valence-electron chi connectivity index (χ0n) is 11.1. The van der Waals surface area contributed by atoms with Crippen LogP contribution in [0.5, 0.6) is 11.6 Å². The lowest BCUT2D eigenvalue weighted by Gasteiger charge is -2.06. The van der Waals surface area contributed by atoms with Crippen LogP contribution >= 0.6 is 0 Å². The molecule has 0 unspecified atom stereocenters. The largest absolute Gasteiger partial charge is 0.439 e. The number of pyridine rings is 1. The number of nitrogens with zero attached hydrogens (tertiary/aromatic N) is 1. The summed E-state index contributed by atoms with van der Waals surface area (Å²) in [6.07, 6.45) is 3.62. The molecule has 0 aliphatic rings. The van der Waals surface area contributed by atoms with E-state index in [-0.39, 0.29) is 4.90 Å². The third-order valence-electron chi connectivity index (χ3n) is 2.69. The highest BCUT2D eigenvalue weighted by Gasteiger charge is 2.08. The number of hydrogen-bond acceptors (Lipinski definition) is 5.